The van der Waals surface area contributed by atoms with Crippen molar-refractivity contribution in [3.63, 3.8) is 0 Å². The van der Waals surface area contributed by atoms with Crippen molar-refractivity contribution in [2.75, 3.05) is 19.1 Å². The third-order valence-corrected chi connectivity index (χ3v) is 4.01. The number of hydrogen-bond donors (Lipinski definition) is 2. The SMILES string of the molecule is CCCCOc1c(OC)cc(/C=N/Nc2nc(=O)[nH]nc2C(C)(C)C)cc1[N+](=O)[O-]. The van der Waals surface area contributed by atoms with Gasteiger partial charge in [0.25, 0.3) is 0 Å². The Morgan fingerprint density at radius 2 is 2.10 bits per heavy atom. The Kier molecular flexibility index (Phi) is 7.45. The number of hydrogen-bond acceptors (Lipinski definition) is 9. The second-order valence-corrected chi connectivity index (χ2v) is 7.49. The molecule has 0 radical (unpaired) electrons. The lowest BCUT2D eigenvalue weighted by Gasteiger charge is -2.18. The van der Waals surface area contributed by atoms with Crippen LogP contribution in [0.3, 0.4) is 0 Å². The molecule has 0 aliphatic rings. The molecule has 0 aliphatic carbocycles. The predicted octanol–water partition coefficient (Wildman–Crippen LogP) is 3.00. The van der Waals surface area contributed by atoms with E-state index in [9.17, 15) is 14.9 Å². The molecule has 0 saturated carbocycles. The molecular formula is C19H26N6O5. The van der Waals surface area contributed by atoms with Crippen molar-refractivity contribution in [2.24, 2.45) is 5.10 Å². The van der Waals surface area contributed by atoms with Crippen LogP contribution in [-0.2, 0) is 5.41 Å². The second kappa shape index (κ2) is 9.81. The number of anilines is 1. The monoisotopic (exact) mass is 418 g/mol. The van der Waals surface area contributed by atoms with E-state index in [1.165, 1.54) is 19.4 Å². The summed E-state index contributed by atoms with van der Waals surface area (Å²) in [6.45, 7) is 8.08. The summed E-state index contributed by atoms with van der Waals surface area (Å²) in [4.78, 5) is 26.4. The first-order valence-electron chi connectivity index (χ1n) is 9.42. The minimum absolute atomic E-state index is 0.0801. The summed E-state index contributed by atoms with van der Waals surface area (Å²) >= 11 is 0. The summed E-state index contributed by atoms with van der Waals surface area (Å²) in [6, 6.07) is 2.91. The molecule has 0 fully saturated rings. The van der Waals surface area contributed by atoms with Gasteiger partial charge in [-0.2, -0.15) is 15.2 Å². The molecule has 0 saturated heterocycles. The molecule has 1 heterocycles. The van der Waals surface area contributed by atoms with Crippen molar-refractivity contribution < 1.29 is 14.4 Å². The maximum atomic E-state index is 11.5. The fourth-order valence-electron chi connectivity index (χ4n) is 2.54. The summed E-state index contributed by atoms with van der Waals surface area (Å²) in [5, 5.41) is 21.9. The Labute approximate surface area is 173 Å². The Morgan fingerprint density at radius 1 is 1.37 bits per heavy atom. The third-order valence-electron chi connectivity index (χ3n) is 4.01. The Hall–Kier alpha value is -3.50. The van der Waals surface area contributed by atoms with E-state index in [1.807, 2.05) is 27.7 Å². The molecule has 30 heavy (non-hydrogen) atoms. The number of H-pyrrole nitrogens is 1. The van der Waals surface area contributed by atoms with E-state index in [0.29, 0.717) is 17.9 Å². The van der Waals surface area contributed by atoms with E-state index in [2.05, 4.69) is 25.7 Å². The first kappa shape index (κ1) is 22.8. The zero-order chi connectivity index (χ0) is 22.3. The van der Waals surface area contributed by atoms with Crippen molar-refractivity contribution in [2.45, 2.75) is 46.0 Å². The fraction of sp³-hybridized carbons (Fsp3) is 0.474. The summed E-state index contributed by atoms with van der Waals surface area (Å²) in [6.07, 6.45) is 3.02. The Balaban J connectivity index is 2.34. The van der Waals surface area contributed by atoms with Crippen molar-refractivity contribution in [1.29, 1.82) is 0 Å². The van der Waals surface area contributed by atoms with Crippen molar-refractivity contribution in [1.82, 2.24) is 15.2 Å². The number of nitro benzene ring substituents is 1. The quantitative estimate of drug-likeness (QED) is 0.274. The van der Waals surface area contributed by atoms with Crippen LogP contribution in [-0.4, -0.2) is 40.0 Å². The standard InChI is InChI=1S/C19H26N6O5/c1-6-7-8-30-15-13(25(27)28)9-12(10-14(15)29-5)11-20-23-17-16(19(2,3)4)22-24-18(26)21-17/h9-11H,6-8H2,1-5H3,(H2,21,23,24,26)/b20-11+. The maximum absolute atomic E-state index is 11.5. The first-order chi connectivity index (χ1) is 14.2. The number of nitrogens with one attached hydrogen (secondary N) is 2. The lowest BCUT2D eigenvalue weighted by Crippen LogP contribution is -2.24. The zero-order valence-electron chi connectivity index (χ0n) is 17.7. The van der Waals surface area contributed by atoms with Gasteiger partial charge >= 0.3 is 11.4 Å². The summed E-state index contributed by atoms with van der Waals surface area (Å²) < 4.78 is 10.8. The molecule has 0 amide bonds. The molecule has 1 aromatic carbocycles. The summed E-state index contributed by atoms with van der Waals surface area (Å²) in [7, 11) is 1.41. The van der Waals surface area contributed by atoms with Gasteiger partial charge in [0.2, 0.25) is 5.75 Å². The molecule has 0 aliphatic heterocycles. The number of unbranched alkanes of at least 4 members (excludes halogenated alkanes) is 1. The number of benzene rings is 1. The molecule has 2 N–H and O–H groups in total. The number of nitrogens with zero attached hydrogens (tertiary/aromatic N) is 4. The highest BCUT2D eigenvalue weighted by atomic mass is 16.6. The van der Waals surface area contributed by atoms with Crippen molar-refractivity contribution in [3.8, 4) is 11.5 Å². The highest BCUT2D eigenvalue weighted by molar-refractivity contribution is 5.83. The van der Waals surface area contributed by atoms with Crippen LogP contribution in [0.5, 0.6) is 11.5 Å². The lowest BCUT2D eigenvalue weighted by molar-refractivity contribution is -0.386. The number of methoxy groups -OCH3 is 1. The topological polar surface area (TPSA) is 145 Å². The van der Waals surface area contributed by atoms with Gasteiger partial charge in [-0.1, -0.05) is 34.1 Å². The van der Waals surface area contributed by atoms with Gasteiger partial charge in [-0.05, 0) is 12.5 Å². The van der Waals surface area contributed by atoms with Crippen LogP contribution >= 0.6 is 0 Å². The van der Waals surface area contributed by atoms with Crippen LogP contribution in [0.25, 0.3) is 0 Å². The fourth-order valence-corrected chi connectivity index (χ4v) is 2.54. The van der Waals surface area contributed by atoms with Crippen LogP contribution in [0.1, 0.15) is 51.8 Å². The molecule has 11 heteroatoms. The van der Waals surface area contributed by atoms with Gasteiger partial charge in [-0.15, -0.1) is 0 Å². The number of aromatic amines is 1. The molecule has 0 atom stereocenters. The van der Waals surface area contributed by atoms with Gasteiger partial charge in [0.05, 0.1) is 24.9 Å². The molecule has 162 valence electrons. The Morgan fingerprint density at radius 3 is 2.70 bits per heavy atom. The van der Waals surface area contributed by atoms with E-state index < -0.39 is 16.0 Å². The van der Waals surface area contributed by atoms with Crippen molar-refractivity contribution >= 4 is 17.7 Å². The molecular weight excluding hydrogens is 392 g/mol. The normalized spacial score (nSPS) is 11.5. The number of rotatable bonds is 9. The van der Waals surface area contributed by atoms with Gasteiger partial charge in [-0.3, -0.25) is 15.5 Å². The number of ether oxygens (including phenoxy) is 2. The van der Waals surface area contributed by atoms with Gasteiger partial charge in [0.1, 0.15) is 5.69 Å². The minimum atomic E-state index is -0.619. The van der Waals surface area contributed by atoms with E-state index in [0.717, 1.165) is 12.8 Å². The lowest BCUT2D eigenvalue weighted by atomic mass is 9.92. The number of nitro groups is 1. The molecule has 2 rings (SSSR count). The molecule has 0 unspecified atom stereocenters. The average Bonchev–Trinajstić information content (AvgIpc) is 2.67. The van der Waals surface area contributed by atoms with E-state index in [4.69, 9.17) is 9.47 Å². The molecule has 0 bridgehead atoms. The molecule has 11 nitrogen and oxygen atoms in total. The van der Waals surface area contributed by atoms with Crippen LogP contribution < -0.4 is 20.6 Å². The first-order valence-corrected chi connectivity index (χ1v) is 9.42. The molecule has 0 spiro atoms. The van der Waals surface area contributed by atoms with Gasteiger partial charge in [-0.25, -0.2) is 9.89 Å². The van der Waals surface area contributed by atoms with E-state index in [-0.39, 0.29) is 23.0 Å². The van der Waals surface area contributed by atoms with Crippen LogP contribution in [0.15, 0.2) is 22.0 Å². The maximum Gasteiger partial charge on any atom is 0.363 e. The smallest absolute Gasteiger partial charge is 0.363 e. The summed E-state index contributed by atoms with van der Waals surface area (Å²) in [5.74, 6) is 0.508. The van der Waals surface area contributed by atoms with Gasteiger partial charge in [0.15, 0.2) is 11.6 Å². The third kappa shape index (κ3) is 5.75. The molecule has 2 aromatic rings. The van der Waals surface area contributed by atoms with E-state index >= 15 is 0 Å². The average molecular weight is 418 g/mol. The van der Waals surface area contributed by atoms with Crippen molar-refractivity contribution in [3.05, 3.63) is 44.0 Å². The minimum Gasteiger partial charge on any atom is -0.493 e. The van der Waals surface area contributed by atoms with Gasteiger partial charge in [0, 0.05) is 17.0 Å². The van der Waals surface area contributed by atoms with Crippen LogP contribution in [0.4, 0.5) is 11.5 Å². The Bertz CT molecular complexity index is 980. The van der Waals surface area contributed by atoms with E-state index in [1.54, 1.807) is 6.07 Å². The number of aromatic nitrogens is 3. The predicted molar refractivity (Wildman–Crippen MR) is 113 cm³/mol. The highest BCUT2D eigenvalue weighted by Gasteiger charge is 2.23. The van der Waals surface area contributed by atoms with Crippen LogP contribution in [0.2, 0.25) is 0 Å². The summed E-state index contributed by atoms with van der Waals surface area (Å²) in [5.41, 5.74) is 2.37. The largest absolute Gasteiger partial charge is 0.493 e. The number of hydrazone groups is 1. The highest BCUT2D eigenvalue weighted by Crippen LogP contribution is 2.38. The molecule has 1 aromatic heterocycles. The van der Waals surface area contributed by atoms with Gasteiger partial charge < -0.3 is 9.47 Å². The zero-order valence-corrected chi connectivity index (χ0v) is 17.7. The second-order valence-electron chi connectivity index (χ2n) is 7.49. The van der Waals surface area contributed by atoms with Crippen LogP contribution in [0, 0.1) is 10.1 Å².